The molecule has 0 aliphatic rings. The van der Waals surface area contributed by atoms with Gasteiger partial charge in [-0.3, -0.25) is 0 Å². The highest BCUT2D eigenvalue weighted by atomic mass is 16.3. The molecule has 0 spiro atoms. The lowest BCUT2D eigenvalue weighted by atomic mass is 10.1. The number of oxazole rings is 1. The third-order valence-corrected chi connectivity index (χ3v) is 3.62. The summed E-state index contributed by atoms with van der Waals surface area (Å²) in [6, 6.07) is 9.65. The lowest BCUT2D eigenvalue weighted by Crippen LogP contribution is -2.27. The van der Waals surface area contributed by atoms with Gasteiger partial charge in [0.15, 0.2) is 5.58 Å². The van der Waals surface area contributed by atoms with E-state index in [1.54, 1.807) is 12.4 Å². The van der Waals surface area contributed by atoms with Crippen molar-refractivity contribution in [3.8, 4) is 22.7 Å². The van der Waals surface area contributed by atoms with Crippen LogP contribution in [-0.2, 0) is 0 Å². The van der Waals surface area contributed by atoms with Crippen LogP contribution in [0.5, 0.6) is 0 Å². The Balaban J connectivity index is 1.88. The summed E-state index contributed by atoms with van der Waals surface area (Å²) in [5, 5.41) is 14.0. The van der Waals surface area contributed by atoms with Gasteiger partial charge in [0.25, 0.3) is 0 Å². The van der Waals surface area contributed by atoms with Crippen LogP contribution in [0.2, 0.25) is 0 Å². The normalized spacial score (nSPS) is 11.8. The standard InChI is InChI=1S/C18H18N6O/c1-18(2,3)22-16-12(8-11(9-19-16)14-10-20-24-23-14)17-21-13-6-4-5-7-15(13)25-17/h4-10H,1-3H3,(H,19,22)(H,20,23,24). The molecule has 2 N–H and O–H groups in total. The van der Waals surface area contributed by atoms with Gasteiger partial charge in [0, 0.05) is 17.3 Å². The van der Waals surface area contributed by atoms with E-state index in [4.69, 9.17) is 4.42 Å². The van der Waals surface area contributed by atoms with Crippen molar-refractivity contribution >= 4 is 16.9 Å². The molecule has 0 fully saturated rings. The topological polar surface area (TPSA) is 92.5 Å². The highest BCUT2D eigenvalue weighted by Gasteiger charge is 2.19. The van der Waals surface area contributed by atoms with E-state index in [9.17, 15) is 0 Å². The van der Waals surface area contributed by atoms with Gasteiger partial charge in [0.1, 0.15) is 17.0 Å². The summed E-state index contributed by atoms with van der Waals surface area (Å²) in [7, 11) is 0. The lowest BCUT2D eigenvalue weighted by molar-refractivity contribution is 0.614. The number of H-pyrrole nitrogens is 1. The summed E-state index contributed by atoms with van der Waals surface area (Å²) in [5.41, 5.74) is 3.74. The van der Waals surface area contributed by atoms with Crippen LogP contribution in [0.25, 0.3) is 33.8 Å². The first-order valence-electron chi connectivity index (χ1n) is 8.00. The molecule has 0 saturated heterocycles. The summed E-state index contributed by atoms with van der Waals surface area (Å²) >= 11 is 0. The van der Waals surface area contributed by atoms with Crippen molar-refractivity contribution in [2.45, 2.75) is 26.3 Å². The van der Waals surface area contributed by atoms with Gasteiger partial charge in [0.2, 0.25) is 5.89 Å². The molecule has 1 aromatic carbocycles. The number of nitrogens with zero attached hydrogens (tertiary/aromatic N) is 4. The van der Waals surface area contributed by atoms with E-state index in [1.165, 1.54) is 0 Å². The van der Waals surface area contributed by atoms with Crippen LogP contribution in [0, 0.1) is 0 Å². The Morgan fingerprint density at radius 3 is 2.68 bits per heavy atom. The number of fused-ring (bicyclic) bond motifs is 1. The molecular weight excluding hydrogens is 316 g/mol. The number of hydrogen-bond donors (Lipinski definition) is 2. The number of pyridine rings is 1. The van der Waals surface area contributed by atoms with E-state index < -0.39 is 0 Å². The first-order chi connectivity index (χ1) is 12.0. The molecule has 7 nitrogen and oxygen atoms in total. The smallest absolute Gasteiger partial charge is 0.231 e. The zero-order valence-corrected chi connectivity index (χ0v) is 14.2. The van der Waals surface area contributed by atoms with E-state index >= 15 is 0 Å². The molecule has 0 aliphatic heterocycles. The van der Waals surface area contributed by atoms with E-state index in [2.05, 4.69) is 51.5 Å². The predicted molar refractivity (Wildman–Crippen MR) is 96.0 cm³/mol. The molecule has 126 valence electrons. The fourth-order valence-corrected chi connectivity index (χ4v) is 2.55. The minimum absolute atomic E-state index is 0.150. The lowest BCUT2D eigenvalue weighted by Gasteiger charge is -2.22. The molecule has 3 aromatic heterocycles. The van der Waals surface area contributed by atoms with Gasteiger partial charge in [-0.05, 0) is 39.0 Å². The predicted octanol–water partition coefficient (Wildman–Crippen LogP) is 3.89. The molecule has 0 amide bonds. The number of para-hydroxylation sites is 2. The van der Waals surface area contributed by atoms with Gasteiger partial charge in [0.05, 0.1) is 11.8 Å². The molecule has 3 heterocycles. The average molecular weight is 334 g/mol. The van der Waals surface area contributed by atoms with Gasteiger partial charge < -0.3 is 9.73 Å². The Morgan fingerprint density at radius 2 is 1.96 bits per heavy atom. The largest absolute Gasteiger partial charge is 0.436 e. The molecule has 0 aliphatic carbocycles. The van der Waals surface area contributed by atoms with E-state index in [0.717, 1.165) is 22.2 Å². The van der Waals surface area contributed by atoms with Crippen molar-refractivity contribution in [1.29, 1.82) is 0 Å². The highest BCUT2D eigenvalue weighted by Crippen LogP contribution is 2.33. The van der Waals surface area contributed by atoms with Gasteiger partial charge in [-0.1, -0.05) is 12.1 Å². The maximum atomic E-state index is 5.95. The van der Waals surface area contributed by atoms with Crippen molar-refractivity contribution in [3.05, 3.63) is 42.7 Å². The quantitative estimate of drug-likeness (QED) is 0.590. The number of nitrogens with one attached hydrogen (secondary N) is 2. The van der Waals surface area contributed by atoms with Crippen LogP contribution >= 0.6 is 0 Å². The second-order valence-electron chi connectivity index (χ2n) is 6.84. The molecular formula is C18H18N6O. The number of anilines is 1. The molecule has 25 heavy (non-hydrogen) atoms. The van der Waals surface area contributed by atoms with Gasteiger partial charge in [-0.2, -0.15) is 15.4 Å². The van der Waals surface area contributed by atoms with Crippen molar-refractivity contribution < 1.29 is 4.42 Å². The number of aromatic amines is 1. The number of benzene rings is 1. The molecule has 0 bridgehead atoms. The zero-order chi connectivity index (χ0) is 17.4. The summed E-state index contributed by atoms with van der Waals surface area (Å²) in [6.07, 6.45) is 3.42. The maximum Gasteiger partial charge on any atom is 0.231 e. The Kier molecular flexibility index (Phi) is 3.49. The minimum atomic E-state index is -0.150. The van der Waals surface area contributed by atoms with Crippen molar-refractivity contribution in [1.82, 2.24) is 25.4 Å². The number of aromatic nitrogens is 5. The molecule has 4 rings (SSSR count). The van der Waals surface area contributed by atoms with Gasteiger partial charge in [-0.25, -0.2) is 9.97 Å². The minimum Gasteiger partial charge on any atom is -0.436 e. The fraction of sp³-hybridized carbons (Fsp3) is 0.222. The van der Waals surface area contributed by atoms with Crippen molar-refractivity contribution in [3.63, 3.8) is 0 Å². The molecule has 0 unspecified atom stereocenters. The van der Waals surface area contributed by atoms with Gasteiger partial charge >= 0.3 is 0 Å². The van der Waals surface area contributed by atoms with Crippen LogP contribution in [0.1, 0.15) is 20.8 Å². The second kappa shape index (κ2) is 5.70. The third kappa shape index (κ3) is 3.08. The fourth-order valence-electron chi connectivity index (χ4n) is 2.55. The summed E-state index contributed by atoms with van der Waals surface area (Å²) in [6.45, 7) is 6.24. The maximum absolute atomic E-state index is 5.95. The second-order valence-corrected chi connectivity index (χ2v) is 6.84. The number of hydrogen-bond acceptors (Lipinski definition) is 6. The molecule has 0 radical (unpaired) electrons. The first-order valence-corrected chi connectivity index (χ1v) is 8.00. The third-order valence-electron chi connectivity index (χ3n) is 3.62. The summed E-state index contributed by atoms with van der Waals surface area (Å²) < 4.78 is 5.95. The van der Waals surface area contributed by atoms with Crippen LogP contribution in [-0.4, -0.2) is 30.9 Å². The van der Waals surface area contributed by atoms with E-state index in [1.807, 2.05) is 30.3 Å². The monoisotopic (exact) mass is 334 g/mol. The number of rotatable bonds is 3. The Hall–Kier alpha value is -3.22. The molecule has 7 heteroatoms. The highest BCUT2D eigenvalue weighted by molar-refractivity contribution is 5.81. The molecule has 4 aromatic rings. The van der Waals surface area contributed by atoms with Crippen molar-refractivity contribution in [2.24, 2.45) is 0 Å². The Morgan fingerprint density at radius 1 is 1.12 bits per heavy atom. The Labute approximate surface area is 144 Å². The van der Waals surface area contributed by atoms with E-state index in [-0.39, 0.29) is 5.54 Å². The first kappa shape index (κ1) is 15.3. The zero-order valence-electron chi connectivity index (χ0n) is 14.2. The summed E-state index contributed by atoms with van der Waals surface area (Å²) in [5.74, 6) is 1.23. The van der Waals surface area contributed by atoms with Crippen LogP contribution < -0.4 is 5.32 Å². The molecule has 0 saturated carbocycles. The van der Waals surface area contributed by atoms with Crippen molar-refractivity contribution in [2.75, 3.05) is 5.32 Å². The average Bonchev–Trinajstić information content (AvgIpc) is 3.23. The van der Waals surface area contributed by atoms with Gasteiger partial charge in [-0.15, -0.1) is 0 Å². The summed E-state index contributed by atoms with van der Waals surface area (Å²) in [4.78, 5) is 9.18. The van der Waals surface area contributed by atoms with E-state index in [0.29, 0.717) is 17.4 Å². The SMILES string of the molecule is CC(C)(C)Nc1ncc(-c2cn[nH]n2)cc1-c1nc2ccccc2o1. The van der Waals surface area contributed by atoms with Crippen LogP contribution in [0.4, 0.5) is 5.82 Å². The molecule has 0 atom stereocenters. The van der Waals surface area contributed by atoms with Crippen LogP contribution in [0.15, 0.2) is 47.1 Å². The Bertz CT molecular complexity index is 981. The van der Waals surface area contributed by atoms with Crippen LogP contribution in [0.3, 0.4) is 0 Å².